The highest BCUT2D eigenvalue weighted by Crippen LogP contribution is 2.19. The molecule has 3 aromatic rings. The molecule has 0 fully saturated rings. The Labute approximate surface area is 128 Å². The highest BCUT2D eigenvalue weighted by molar-refractivity contribution is 6.10. The Morgan fingerprint density at radius 3 is 2.50 bits per heavy atom. The summed E-state index contributed by atoms with van der Waals surface area (Å²) in [6, 6.07) is 11.2. The van der Waals surface area contributed by atoms with E-state index in [-0.39, 0.29) is 11.6 Å². The fourth-order valence-electron chi connectivity index (χ4n) is 2.49. The number of fused-ring (bicyclic) bond motifs is 1. The minimum absolute atomic E-state index is 0.112. The third kappa shape index (κ3) is 2.77. The molecule has 0 saturated carbocycles. The lowest BCUT2D eigenvalue weighted by molar-refractivity contribution is 0.103. The Balaban J connectivity index is 1.95. The number of halogens is 1. The van der Waals surface area contributed by atoms with Gasteiger partial charge in [0.05, 0.1) is 11.7 Å². The van der Waals surface area contributed by atoms with Crippen LogP contribution in [-0.2, 0) is 6.54 Å². The van der Waals surface area contributed by atoms with Gasteiger partial charge in [0.1, 0.15) is 5.82 Å². The summed E-state index contributed by atoms with van der Waals surface area (Å²) >= 11 is 0. The van der Waals surface area contributed by atoms with E-state index >= 15 is 0 Å². The number of nitrogens with zero attached hydrogens (tertiary/aromatic N) is 2. The van der Waals surface area contributed by atoms with E-state index in [1.807, 2.05) is 16.8 Å². The molecule has 4 heteroatoms. The summed E-state index contributed by atoms with van der Waals surface area (Å²) < 4.78 is 14.9. The fourth-order valence-corrected chi connectivity index (χ4v) is 2.49. The van der Waals surface area contributed by atoms with Crippen LogP contribution in [0.25, 0.3) is 10.9 Å². The van der Waals surface area contributed by atoms with Crippen LogP contribution < -0.4 is 0 Å². The van der Waals surface area contributed by atoms with E-state index in [2.05, 4.69) is 18.9 Å². The number of benzene rings is 2. The second-order valence-corrected chi connectivity index (χ2v) is 5.83. The first-order chi connectivity index (χ1) is 10.5. The molecule has 0 atom stereocenters. The van der Waals surface area contributed by atoms with Gasteiger partial charge in [-0.15, -0.1) is 0 Å². The summed E-state index contributed by atoms with van der Waals surface area (Å²) in [4.78, 5) is 12.4. The van der Waals surface area contributed by atoms with Crippen LogP contribution in [0.4, 0.5) is 4.39 Å². The van der Waals surface area contributed by atoms with Crippen LogP contribution in [-0.4, -0.2) is 15.6 Å². The Bertz CT molecular complexity index is 819. The SMILES string of the molecule is CC(C)Cn1ncc2cc(C(=O)c3ccc(F)cc3)ccc21. The van der Waals surface area contributed by atoms with E-state index in [1.165, 1.54) is 24.3 Å². The minimum Gasteiger partial charge on any atom is -0.289 e. The van der Waals surface area contributed by atoms with Gasteiger partial charge in [0.25, 0.3) is 0 Å². The number of rotatable bonds is 4. The van der Waals surface area contributed by atoms with Crippen molar-refractivity contribution in [2.45, 2.75) is 20.4 Å². The monoisotopic (exact) mass is 296 g/mol. The van der Waals surface area contributed by atoms with Gasteiger partial charge in [-0.25, -0.2) is 4.39 Å². The van der Waals surface area contributed by atoms with Crippen molar-refractivity contribution < 1.29 is 9.18 Å². The predicted octanol–water partition coefficient (Wildman–Crippen LogP) is 4.06. The Kier molecular flexibility index (Phi) is 3.75. The maximum Gasteiger partial charge on any atom is 0.193 e. The smallest absolute Gasteiger partial charge is 0.193 e. The van der Waals surface area contributed by atoms with E-state index in [9.17, 15) is 9.18 Å². The van der Waals surface area contributed by atoms with Gasteiger partial charge < -0.3 is 0 Å². The molecule has 112 valence electrons. The highest BCUT2D eigenvalue weighted by atomic mass is 19.1. The van der Waals surface area contributed by atoms with Gasteiger partial charge in [-0.05, 0) is 48.4 Å². The van der Waals surface area contributed by atoms with Gasteiger partial charge in [-0.2, -0.15) is 5.10 Å². The van der Waals surface area contributed by atoms with Crippen molar-refractivity contribution >= 4 is 16.7 Å². The van der Waals surface area contributed by atoms with Crippen molar-refractivity contribution in [3.8, 4) is 0 Å². The first kappa shape index (κ1) is 14.4. The summed E-state index contributed by atoms with van der Waals surface area (Å²) in [5, 5.41) is 5.31. The molecule has 1 heterocycles. The molecule has 22 heavy (non-hydrogen) atoms. The van der Waals surface area contributed by atoms with Gasteiger partial charge in [0.15, 0.2) is 5.78 Å². The minimum atomic E-state index is -0.345. The number of carbonyl (C=O) groups excluding carboxylic acids is 1. The second-order valence-electron chi connectivity index (χ2n) is 5.83. The first-order valence-corrected chi connectivity index (χ1v) is 7.30. The summed E-state index contributed by atoms with van der Waals surface area (Å²) in [5.74, 6) is 0.0455. The number of hydrogen-bond acceptors (Lipinski definition) is 2. The second kappa shape index (κ2) is 5.72. The summed E-state index contributed by atoms with van der Waals surface area (Å²) in [6.45, 7) is 5.12. The molecular weight excluding hydrogens is 279 g/mol. The lowest BCUT2D eigenvalue weighted by atomic mass is 10.0. The number of ketones is 1. The average Bonchev–Trinajstić information content (AvgIpc) is 2.89. The molecule has 2 aromatic carbocycles. The van der Waals surface area contributed by atoms with Crippen molar-refractivity contribution in [1.29, 1.82) is 0 Å². The number of aromatic nitrogens is 2. The van der Waals surface area contributed by atoms with Crippen LogP contribution in [0.1, 0.15) is 29.8 Å². The van der Waals surface area contributed by atoms with Crippen molar-refractivity contribution in [1.82, 2.24) is 9.78 Å². The van der Waals surface area contributed by atoms with Crippen molar-refractivity contribution in [3.05, 3.63) is 65.6 Å². The standard InChI is InChI=1S/C18H17FN2O/c1-12(2)11-21-17-8-5-14(9-15(17)10-20-21)18(22)13-3-6-16(19)7-4-13/h3-10,12H,11H2,1-2H3. The molecule has 0 amide bonds. The van der Waals surface area contributed by atoms with E-state index in [4.69, 9.17) is 0 Å². The maximum absolute atomic E-state index is 12.9. The van der Waals surface area contributed by atoms with Gasteiger partial charge >= 0.3 is 0 Å². The Morgan fingerprint density at radius 1 is 1.14 bits per heavy atom. The fraction of sp³-hybridized carbons (Fsp3) is 0.222. The number of carbonyl (C=O) groups is 1. The lowest BCUT2D eigenvalue weighted by Crippen LogP contribution is -2.06. The average molecular weight is 296 g/mol. The largest absolute Gasteiger partial charge is 0.289 e. The van der Waals surface area contributed by atoms with Crippen LogP contribution >= 0.6 is 0 Å². The van der Waals surface area contributed by atoms with Crippen LogP contribution in [0, 0.1) is 11.7 Å². The molecule has 0 spiro atoms. The molecule has 0 unspecified atom stereocenters. The molecule has 3 rings (SSSR count). The van der Waals surface area contributed by atoms with Crippen molar-refractivity contribution in [3.63, 3.8) is 0 Å². The predicted molar refractivity (Wildman–Crippen MR) is 84.4 cm³/mol. The molecule has 3 nitrogen and oxygen atoms in total. The normalized spacial score (nSPS) is 11.3. The maximum atomic E-state index is 12.9. The number of hydrogen-bond donors (Lipinski definition) is 0. The topological polar surface area (TPSA) is 34.9 Å². The molecule has 0 aliphatic carbocycles. The van der Waals surface area contributed by atoms with E-state index in [0.29, 0.717) is 17.0 Å². The molecule has 1 aromatic heterocycles. The summed E-state index contributed by atoms with van der Waals surface area (Å²) in [5.41, 5.74) is 2.09. The van der Waals surface area contributed by atoms with Crippen LogP contribution in [0.2, 0.25) is 0 Å². The van der Waals surface area contributed by atoms with Crippen molar-refractivity contribution in [2.75, 3.05) is 0 Å². The molecule has 0 radical (unpaired) electrons. The molecule has 0 saturated heterocycles. The quantitative estimate of drug-likeness (QED) is 0.680. The lowest BCUT2D eigenvalue weighted by Gasteiger charge is -2.07. The van der Waals surface area contributed by atoms with Gasteiger partial charge in [0.2, 0.25) is 0 Å². The van der Waals surface area contributed by atoms with E-state index in [0.717, 1.165) is 17.4 Å². The third-order valence-electron chi connectivity index (χ3n) is 3.55. The van der Waals surface area contributed by atoms with E-state index < -0.39 is 0 Å². The first-order valence-electron chi connectivity index (χ1n) is 7.30. The van der Waals surface area contributed by atoms with Gasteiger partial charge in [-0.3, -0.25) is 9.48 Å². The van der Waals surface area contributed by atoms with Crippen LogP contribution in [0.3, 0.4) is 0 Å². The Hall–Kier alpha value is -2.49. The molecular formula is C18H17FN2O. The zero-order chi connectivity index (χ0) is 15.7. The van der Waals surface area contributed by atoms with Gasteiger partial charge in [0, 0.05) is 23.1 Å². The van der Waals surface area contributed by atoms with E-state index in [1.54, 1.807) is 12.3 Å². The van der Waals surface area contributed by atoms with Crippen molar-refractivity contribution in [2.24, 2.45) is 5.92 Å². The highest BCUT2D eigenvalue weighted by Gasteiger charge is 2.12. The molecule has 0 bridgehead atoms. The molecule has 0 N–H and O–H groups in total. The zero-order valence-corrected chi connectivity index (χ0v) is 12.6. The van der Waals surface area contributed by atoms with Gasteiger partial charge in [-0.1, -0.05) is 13.8 Å². The molecule has 0 aliphatic heterocycles. The molecule has 0 aliphatic rings. The third-order valence-corrected chi connectivity index (χ3v) is 3.55. The Morgan fingerprint density at radius 2 is 1.82 bits per heavy atom. The summed E-state index contributed by atoms with van der Waals surface area (Å²) in [7, 11) is 0. The summed E-state index contributed by atoms with van der Waals surface area (Å²) in [6.07, 6.45) is 1.78. The van der Waals surface area contributed by atoms with Crippen LogP contribution in [0.15, 0.2) is 48.7 Å². The zero-order valence-electron chi connectivity index (χ0n) is 12.6. The van der Waals surface area contributed by atoms with Crippen LogP contribution in [0.5, 0.6) is 0 Å².